The molecular weight excluding hydrogens is 408 g/mol. The van der Waals surface area contributed by atoms with Crippen molar-refractivity contribution in [3.63, 3.8) is 0 Å². The predicted octanol–water partition coefficient (Wildman–Crippen LogP) is 6.65. The molecule has 0 heterocycles. The molecule has 0 bridgehead atoms. The van der Waals surface area contributed by atoms with E-state index in [4.69, 9.17) is 0 Å². The molecule has 0 aromatic carbocycles. The molecule has 6 atom stereocenters. The van der Waals surface area contributed by atoms with Gasteiger partial charge >= 0.3 is 0 Å². The summed E-state index contributed by atoms with van der Waals surface area (Å²) in [5.41, 5.74) is 3.16. The molecule has 3 aliphatic rings. The molecule has 0 saturated heterocycles. The van der Waals surface area contributed by atoms with Crippen molar-refractivity contribution in [2.45, 2.75) is 116 Å². The van der Waals surface area contributed by atoms with E-state index in [-0.39, 0.29) is 0 Å². The van der Waals surface area contributed by atoms with Crippen LogP contribution in [0.2, 0.25) is 0 Å². The molecule has 0 aromatic rings. The Morgan fingerprint density at radius 3 is 2.61 bits per heavy atom. The molecule has 3 aliphatic carbocycles. The highest BCUT2D eigenvalue weighted by Crippen LogP contribution is 2.59. The smallest absolute Gasteiger partial charge is 0.0811 e. The zero-order chi connectivity index (χ0) is 24.2. The van der Waals surface area contributed by atoms with Crippen LogP contribution >= 0.6 is 0 Å². The average molecular weight is 457 g/mol. The third-order valence-corrected chi connectivity index (χ3v) is 9.47. The zero-order valence-electron chi connectivity index (χ0n) is 21.5. The summed E-state index contributed by atoms with van der Waals surface area (Å²) >= 11 is 0. The number of hydrogen-bond donors (Lipinski definition) is 3. The van der Waals surface area contributed by atoms with Crippen LogP contribution in [0.5, 0.6) is 0 Å². The molecule has 3 heteroatoms. The van der Waals surface area contributed by atoms with Gasteiger partial charge in [0.05, 0.1) is 17.8 Å². The Labute approximate surface area is 202 Å². The van der Waals surface area contributed by atoms with E-state index in [1.165, 1.54) is 25.7 Å². The fraction of sp³-hybridized carbons (Fsp3) is 0.733. The van der Waals surface area contributed by atoms with Crippen LogP contribution in [0.15, 0.2) is 47.6 Å². The van der Waals surface area contributed by atoms with E-state index in [9.17, 15) is 15.3 Å². The second-order valence-electron chi connectivity index (χ2n) is 11.4. The molecule has 0 aromatic heterocycles. The van der Waals surface area contributed by atoms with E-state index in [1.54, 1.807) is 5.57 Å². The first kappa shape index (κ1) is 26.4. The summed E-state index contributed by atoms with van der Waals surface area (Å²) in [6.45, 7) is 13.1. The highest BCUT2D eigenvalue weighted by atomic mass is 16.3. The molecule has 186 valence electrons. The van der Waals surface area contributed by atoms with Gasteiger partial charge in [-0.25, -0.2) is 0 Å². The summed E-state index contributed by atoms with van der Waals surface area (Å²) in [6, 6.07) is 0. The third kappa shape index (κ3) is 5.92. The quantitative estimate of drug-likeness (QED) is 0.358. The number of aliphatic hydroxyl groups excluding tert-OH is 2. The molecular formula is C30H48O3. The maximum Gasteiger partial charge on any atom is 0.0811 e. The molecule has 0 radical (unpaired) electrons. The van der Waals surface area contributed by atoms with E-state index in [0.717, 1.165) is 43.3 Å². The van der Waals surface area contributed by atoms with Crippen molar-refractivity contribution in [3.8, 4) is 0 Å². The molecule has 3 rings (SSSR count). The normalized spacial score (nSPS) is 36.6. The van der Waals surface area contributed by atoms with Gasteiger partial charge < -0.3 is 15.3 Å². The summed E-state index contributed by atoms with van der Waals surface area (Å²) in [5, 5.41) is 30.8. The Hall–Kier alpha value is -1.16. The van der Waals surface area contributed by atoms with Crippen molar-refractivity contribution < 1.29 is 15.3 Å². The van der Waals surface area contributed by atoms with Gasteiger partial charge in [-0.3, -0.25) is 0 Å². The molecule has 0 spiro atoms. The zero-order valence-corrected chi connectivity index (χ0v) is 21.5. The molecule has 3 N–H and O–H groups in total. The Morgan fingerprint density at radius 1 is 1.18 bits per heavy atom. The number of allylic oxidation sites excluding steroid dienone is 5. The van der Waals surface area contributed by atoms with Gasteiger partial charge in [0.15, 0.2) is 0 Å². The number of aliphatic hydroxyl groups is 3. The van der Waals surface area contributed by atoms with Gasteiger partial charge in [-0.15, -0.1) is 0 Å². The molecule has 3 unspecified atom stereocenters. The van der Waals surface area contributed by atoms with Gasteiger partial charge in [0.25, 0.3) is 0 Å². The molecule has 0 aliphatic heterocycles. The summed E-state index contributed by atoms with van der Waals surface area (Å²) < 4.78 is 0. The highest BCUT2D eigenvalue weighted by molar-refractivity contribution is 5.38. The first-order chi connectivity index (χ1) is 15.6. The largest absolute Gasteiger partial charge is 0.393 e. The maximum atomic E-state index is 10.5. The second kappa shape index (κ2) is 11.1. The van der Waals surface area contributed by atoms with Gasteiger partial charge in [0, 0.05) is 6.42 Å². The highest BCUT2D eigenvalue weighted by Gasteiger charge is 2.50. The Kier molecular flexibility index (Phi) is 8.86. The summed E-state index contributed by atoms with van der Waals surface area (Å²) in [6.07, 6.45) is 18.7. The number of rotatable bonds is 8. The fourth-order valence-corrected chi connectivity index (χ4v) is 7.01. The van der Waals surface area contributed by atoms with Crippen LogP contribution in [0.4, 0.5) is 0 Å². The van der Waals surface area contributed by atoms with E-state index in [2.05, 4.69) is 58.6 Å². The Balaban J connectivity index is 1.67. The van der Waals surface area contributed by atoms with Crippen LogP contribution in [0, 0.1) is 23.2 Å². The first-order valence-corrected chi connectivity index (χ1v) is 13.5. The topological polar surface area (TPSA) is 60.7 Å². The maximum absolute atomic E-state index is 10.5. The predicted molar refractivity (Wildman–Crippen MR) is 138 cm³/mol. The van der Waals surface area contributed by atoms with Crippen molar-refractivity contribution in [1.82, 2.24) is 0 Å². The van der Waals surface area contributed by atoms with Crippen LogP contribution in [-0.2, 0) is 0 Å². The van der Waals surface area contributed by atoms with E-state index < -0.39 is 17.8 Å². The summed E-state index contributed by atoms with van der Waals surface area (Å²) in [7, 11) is 0. The van der Waals surface area contributed by atoms with E-state index in [0.29, 0.717) is 36.0 Å². The lowest BCUT2D eigenvalue weighted by molar-refractivity contribution is 0.0245. The lowest BCUT2D eigenvalue weighted by Crippen LogP contribution is -2.35. The summed E-state index contributed by atoms with van der Waals surface area (Å²) in [4.78, 5) is 0. The number of hydrogen-bond acceptors (Lipinski definition) is 3. The van der Waals surface area contributed by atoms with E-state index in [1.807, 2.05) is 0 Å². The minimum atomic E-state index is -0.621. The van der Waals surface area contributed by atoms with E-state index >= 15 is 0 Å². The number of fused-ring (bicyclic) bond motifs is 1. The van der Waals surface area contributed by atoms with Gasteiger partial charge in [-0.2, -0.15) is 0 Å². The van der Waals surface area contributed by atoms with Gasteiger partial charge in [0.1, 0.15) is 0 Å². The van der Waals surface area contributed by atoms with Crippen LogP contribution in [-0.4, -0.2) is 33.1 Å². The van der Waals surface area contributed by atoms with Crippen LogP contribution in [0.25, 0.3) is 0 Å². The molecule has 3 fully saturated rings. The van der Waals surface area contributed by atoms with Crippen LogP contribution in [0.1, 0.15) is 98.3 Å². The average Bonchev–Trinajstić information content (AvgIpc) is 3.15. The van der Waals surface area contributed by atoms with Crippen molar-refractivity contribution in [3.05, 3.63) is 47.6 Å². The molecule has 33 heavy (non-hydrogen) atoms. The minimum Gasteiger partial charge on any atom is -0.393 e. The van der Waals surface area contributed by atoms with Crippen LogP contribution in [0.3, 0.4) is 0 Å². The van der Waals surface area contributed by atoms with Crippen molar-refractivity contribution in [2.24, 2.45) is 23.2 Å². The molecule has 3 nitrogen and oxygen atoms in total. The molecule has 0 amide bonds. The van der Waals surface area contributed by atoms with Crippen molar-refractivity contribution in [2.75, 3.05) is 0 Å². The van der Waals surface area contributed by atoms with Crippen LogP contribution < -0.4 is 0 Å². The monoisotopic (exact) mass is 456 g/mol. The van der Waals surface area contributed by atoms with Gasteiger partial charge in [-0.05, 0) is 98.5 Å². The standard InChI is InChI=1S/C30H48O3/c1-6-30(33,7-2)18-9-8-11-21(3)26-15-16-27-23(12-10-17-29(26,27)5)13-14-24-19-25(31)20-28(32)22(24)4/h8,11,13-14,21,25-28,31-33H,4,6-7,9-10,12,15-20H2,1-3,5H3/b11-8+,23-13+,24-14-/t21-,25+,26?,27?,28-,29?/m0/s1. The first-order valence-electron chi connectivity index (χ1n) is 13.5. The van der Waals surface area contributed by atoms with Crippen molar-refractivity contribution in [1.29, 1.82) is 0 Å². The Morgan fingerprint density at radius 2 is 1.91 bits per heavy atom. The SMILES string of the molecule is C=C1/C(=C\C=C2/CCCC3(C)C2CCC3[C@@H](C)/C=C/CCC(O)(CC)CC)C[C@@H](O)C[C@@H]1O. The Bertz CT molecular complexity index is 771. The van der Waals surface area contributed by atoms with Gasteiger partial charge in [0.2, 0.25) is 0 Å². The summed E-state index contributed by atoms with van der Waals surface area (Å²) in [5.74, 6) is 1.87. The minimum absolute atomic E-state index is 0.336. The lowest BCUT2D eigenvalue weighted by atomic mass is 9.61. The van der Waals surface area contributed by atoms with Gasteiger partial charge in [-0.1, -0.05) is 64.2 Å². The second-order valence-corrected chi connectivity index (χ2v) is 11.4. The van der Waals surface area contributed by atoms with Crippen molar-refractivity contribution >= 4 is 0 Å². The lowest BCUT2D eigenvalue weighted by Gasteiger charge is -2.44. The fourth-order valence-electron chi connectivity index (χ4n) is 7.01. The third-order valence-electron chi connectivity index (χ3n) is 9.47. The molecule has 3 saturated carbocycles.